The molecule has 7 heteroatoms. The van der Waals surface area contributed by atoms with E-state index in [1.807, 2.05) is 6.92 Å². The van der Waals surface area contributed by atoms with Crippen LogP contribution in [0.3, 0.4) is 0 Å². The van der Waals surface area contributed by atoms with E-state index in [9.17, 15) is 13.2 Å². The molecule has 0 spiro atoms. The second-order valence-electron chi connectivity index (χ2n) is 3.32. The molecule has 0 aromatic carbocycles. The first kappa shape index (κ1) is 14.1. The van der Waals surface area contributed by atoms with E-state index in [0.29, 0.717) is 6.61 Å². The van der Waals surface area contributed by atoms with Crippen molar-refractivity contribution in [2.75, 3.05) is 13.2 Å². The van der Waals surface area contributed by atoms with Gasteiger partial charge in [0.15, 0.2) is 0 Å². The first-order valence-electron chi connectivity index (χ1n) is 5.17. The average Bonchev–Trinajstić information content (AvgIpc) is 2.65. The molecule has 17 heavy (non-hydrogen) atoms. The first-order valence-corrected chi connectivity index (χ1v) is 7.47. The Morgan fingerprint density at radius 2 is 2.18 bits per heavy atom. The lowest BCUT2D eigenvalue weighted by atomic mass is 10.4. The number of ether oxygens (including phenoxy) is 1. The molecule has 0 aliphatic carbocycles. The van der Waals surface area contributed by atoms with Crippen LogP contribution in [0.15, 0.2) is 16.3 Å². The van der Waals surface area contributed by atoms with E-state index in [4.69, 9.17) is 4.74 Å². The normalized spacial score (nSPS) is 11.4. The third-order valence-electron chi connectivity index (χ3n) is 1.91. The van der Waals surface area contributed by atoms with Gasteiger partial charge in [0.05, 0.1) is 13.0 Å². The first-order chi connectivity index (χ1) is 7.95. The van der Waals surface area contributed by atoms with E-state index in [1.54, 1.807) is 19.1 Å². The summed E-state index contributed by atoms with van der Waals surface area (Å²) in [6.07, 6.45) is 0.0391. The Morgan fingerprint density at radius 1 is 1.47 bits per heavy atom. The molecule has 0 aliphatic heterocycles. The van der Waals surface area contributed by atoms with Gasteiger partial charge in [-0.1, -0.05) is 0 Å². The number of esters is 1. The summed E-state index contributed by atoms with van der Waals surface area (Å²) in [4.78, 5) is 11.9. The monoisotopic (exact) mass is 277 g/mol. The largest absolute Gasteiger partial charge is 0.466 e. The SMILES string of the molecule is CCOC(=O)CCNS(=O)(=O)c1ccc(C)s1. The van der Waals surface area contributed by atoms with Crippen molar-refractivity contribution in [3.8, 4) is 0 Å². The third-order valence-corrected chi connectivity index (χ3v) is 4.86. The number of nitrogens with one attached hydrogen (secondary N) is 1. The maximum Gasteiger partial charge on any atom is 0.307 e. The molecule has 0 aliphatic rings. The minimum Gasteiger partial charge on any atom is -0.466 e. The molecule has 1 rings (SSSR count). The molecule has 0 saturated carbocycles. The van der Waals surface area contributed by atoms with E-state index in [-0.39, 0.29) is 17.2 Å². The van der Waals surface area contributed by atoms with E-state index in [0.717, 1.165) is 4.88 Å². The lowest BCUT2D eigenvalue weighted by Crippen LogP contribution is -2.26. The molecule has 0 radical (unpaired) electrons. The molecule has 0 bridgehead atoms. The van der Waals surface area contributed by atoms with Crippen LogP contribution in [0, 0.1) is 6.92 Å². The van der Waals surface area contributed by atoms with Crippen molar-refractivity contribution in [1.29, 1.82) is 0 Å². The Morgan fingerprint density at radius 3 is 2.71 bits per heavy atom. The standard InChI is InChI=1S/C10H15NO4S2/c1-3-15-9(12)6-7-11-17(13,14)10-5-4-8(2)16-10/h4-5,11H,3,6-7H2,1-2H3. The number of hydrogen-bond acceptors (Lipinski definition) is 5. The zero-order chi connectivity index (χ0) is 12.9. The van der Waals surface area contributed by atoms with Crippen LogP contribution in [0.4, 0.5) is 0 Å². The fourth-order valence-corrected chi connectivity index (χ4v) is 3.51. The van der Waals surface area contributed by atoms with Gasteiger partial charge in [0.25, 0.3) is 0 Å². The van der Waals surface area contributed by atoms with Gasteiger partial charge in [-0.15, -0.1) is 11.3 Å². The minimum atomic E-state index is -3.49. The van der Waals surface area contributed by atoms with Crippen molar-refractivity contribution in [2.45, 2.75) is 24.5 Å². The van der Waals surface area contributed by atoms with Crippen molar-refractivity contribution < 1.29 is 17.9 Å². The molecule has 1 aromatic rings. The molecule has 0 atom stereocenters. The zero-order valence-electron chi connectivity index (χ0n) is 9.73. The molecule has 0 fully saturated rings. The molecular weight excluding hydrogens is 262 g/mol. The van der Waals surface area contributed by atoms with Gasteiger partial charge < -0.3 is 4.74 Å². The zero-order valence-corrected chi connectivity index (χ0v) is 11.4. The van der Waals surface area contributed by atoms with Gasteiger partial charge in [0.2, 0.25) is 10.0 Å². The van der Waals surface area contributed by atoms with Gasteiger partial charge in [0.1, 0.15) is 4.21 Å². The fourth-order valence-electron chi connectivity index (χ4n) is 1.15. The van der Waals surface area contributed by atoms with Gasteiger partial charge in [-0.2, -0.15) is 0 Å². The molecule has 96 valence electrons. The lowest BCUT2D eigenvalue weighted by molar-refractivity contribution is -0.142. The van der Waals surface area contributed by atoms with E-state index < -0.39 is 16.0 Å². The number of carbonyl (C=O) groups excluding carboxylic acids is 1. The van der Waals surface area contributed by atoms with Crippen LogP contribution in [0.1, 0.15) is 18.2 Å². The summed E-state index contributed by atoms with van der Waals surface area (Å²) >= 11 is 1.20. The summed E-state index contributed by atoms with van der Waals surface area (Å²) < 4.78 is 30.8. The molecular formula is C10H15NO4S2. The van der Waals surface area contributed by atoms with Crippen molar-refractivity contribution in [3.63, 3.8) is 0 Å². The number of sulfonamides is 1. The van der Waals surface area contributed by atoms with Crippen LogP contribution < -0.4 is 4.72 Å². The Bertz CT molecular complexity index is 478. The van der Waals surface area contributed by atoms with Crippen LogP contribution in [-0.2, 0) is 19.6 Å². The Kier molecular flexibility index (Phi) is 5.10. The quantitative estimate of drug-likeness (QED) is 0.795. The molecule has 1 N–H and O–H groups in total. The summed E-state index contributed by atoms with van der Waals surface area (Å²) in [7, 11) is -3.49. The highest BCUT2D eigenvalue weighted by atomic mass is 32.2. The summed E-state index contributed by atoms with van der Waals surface area (Å²) in [6.45, 7) is 3.90. The summed E-state index contributed by atoms with van der Waals surface area (Å²) in [6, 6.07) is 3.29. The van der Waals surface area contributed by atoms with Crippen LogP contribution >= 0.6 is 11.3 Å². The fraction of sp³-hybridized carbons (Fsp3) is 0.500. The highest BCUT2D eigenvalue weighted by Gasteiger charge is 2.16. The van der Waals surface area contributed by atoms with E-state index in [2.05, 4.69) is 4.72 Å². The number of carbonyl (C=O) groups is 1. The predicted octanol–water partition coefficient (Wildman–Crippen LogP) is 1.29. The predicted molar refractivity (Wildman–Crippen MR) is 65.5 cm³/mol. The molecule has 5 nitrogen and oxygen atoms in total. The molecule has 0 saturated heterocycles. The number of hydrogen-bond donors (Lipinski definition) is 1. The number of thiophene rings is 1. The maximum absolute atomic E-state index is 11.7. The average molecular weight is 277 g/mol. The van der Waals surface area contributed by atoms with Gasteiger partial charge in [-0.3, -0.25) is 4.79 Å². The summed E-state index contributed by atoms with van der Waals surface area (Å²) in [5.74, 6) is -0.405. The Labute approximate surface area is 105 Å². The maximum atomic E-state index is 11.7. The van der Waals surface area contributed by atoms with Crippen molar-refractivity contribution in [1.82, 2.24) is 4.72 Å². The van der Waals surface area contributed by atoms with Crippen LogP contribution in [0.5, 0.6) is 0 Å². The van der Waals surface area contributed by atoms with Crippen LogP contribution in [0.25, 0.3) is 0 Å². The van der Waals surface area contributed by atoms with Gasteiger partial charge >= 0.3 is 5.97 Å². The van der Waals surface area contributed by atoms with Crippen LogP contribution in [-0.4, -0.2) is 27.5 Å². The van der Waals surface area contributed by atoms with Crippen molar-refractivity contribution in [2.24, 2.45) is 0 Å². The topological polar surface area (TPSA) is 72.5 Å². The van der Waals surface area contributed by atoms with Gasteiger partial charge in [-0.05, 0) is 26.0 Å². The number of rotatable bonds is 6. The molecule has 1 heterocycles. The lowest BCUT2D eigenvalue weighted by Gasteiger charge is -2.04. The van der Waals surface area contributed by atoms with Crippen molar-refractivity contribution in [3.05, 3.63) is 17.0 Å². The summed E-state index contributed by atoms with van der Waals surface area (Å²) in [5.41, 5.74) is 0. The number of aryl methyl sites for hydroxylation is 1. The van der Waals surface area contributed by atoms with E-state index >= 15 is 0 Å². The van der Waals surface area contributed by atoms with Crippen LogP contribution in [0.2, 0.25) is 0 Å². The Hall–Kier alpha value is -0.920. The highest BCUT2D eigenvalue weighted by molar-refractivity contribution is 7.91. The van der Waals surface area contributed by atoms with Gasteiger partial charge in [0, 0.05) is 11.4 Å². The molecule has 0 amide bonds. The highest BCUT2D eigenvalue weighted by Crippen LogP contribution is 2.20. The van der Waals surface area contributed by atoms with Crippen molar-refractivity contribution >= 4 is 27.3 Å². The summed E-state index contributed by atoms with van der Waals surface area (Å²) in [5, 5.41) is 0. The third kappa shape index (κ3) is 4.45. The Balaban J connectivity index is 2.49. The minimum absolute atomic E-state index is 0.0391. The second kappa shape index (κ2) is 6.13. The second-order valence-corrected chi connectivity index (χ2v) is 6.60. The molecule has 1 aromatic heterocycles. The smallest absolute Gasteiger partial charge is 0.307 e. The van der Waals surface area contributed by atoms with Gasteiger partial charge in [-0.25, -0.2) is 13.1 Å². The van der Waals surface area contributed by atoms with E-state index in [1.165, 1.54) is 11.3 Å². The molecule has 0 unspecified atom stereocenters.